The van der Waals surface area contributed by atoms with Crippen LogP contribution in [0.5, 0.6) is 0 Å². The van der Waals surface area contributed by atoms with E-state index in [1.54, 1.807) is 16.4 Å². The van der Waals surface area contributed by atoms with Gasteiger partial charge in [-0.25, -0.2) is 8.42 Å². The van der Waals surface area contributed by atoms with Gasteiger partial charge in [-0.3, -0.25) is 4.31 Å². The lowest BCUT2D eigenvalue weighted by molar-refractivity contribution is 0.237. The third-order valence-corrected chi connectivity index (χ3v) is 7.64. The average Bonchev–Trinajstić information content (AvgIpc) is 2.95. The second kappa shape index (κ2) is 6.39. The van der Waals surface area contributed by atoms with E-state index in [0.29, 0.717) is 4.90 Å². The summed E-state index contributed by atoms with van der Waals surface area (Å²) in [5.41, 5.74) is 4.37. The summed E-state index contributed by atoms with van der Waals surface area (Å²) in [5.74, 6) is 0.244. The van der Waals surface area contributed by atoms with Crippen LogP contribution in [-0.4, -0.2) is 39.5 Å². The highest BCUT2D eigenvalue weighted by Gasteiger charge is 2.46. The third-order valence-electron chi connectivity index (χ3n) is 5.79. The Balaban J connectivity index is 1.82. The summed E-state index contributed by atoms with van der Waals surface area (Å²) in [5, 5.41) is 0. The Labute approximate surface area is 156 Å². The highest BCUT2D eigenvalue weighted by Crippen LogP contribution is 2.47. The van der Waals surface area contributed by atoms with E-state index >= 15 is 0 Å². The molecule has 2 aliphatic heterocycles. The molecule has 0 N–H and O–H groups in total. The van der Waals surface area contributed by atoms with Crippen molar-refractivity contribution < 1.29 is 8.42 Å². The number of fused-ring (bicyclic) bond motifs is 3. The molecule has 2 heterocycles. The van der Waals surface area contributed by atoms with Crippen LogP contribution in [0.1, 0.15) is 36.0 Å². The first-order chi connectivity index (χ1) is 12.4. The maximum atomic E-state index is 13.5. The summed E-state index contributed by atoms with van der Waals surface area (Å²) < 4.78 is 28.8. The molecule has 0 amide bonds. The van der Waals surface area contributed by atoms with Crippen LogP contribution < -0.4 is 4.31 Å². The zero-order valence-electron chi connectivity index (χ0n) is 15.6. The van der Waals surface area contributed by atoms with E-state index in [9.17, 15) is 8.42 Å². The fraction of sp³-hybridized carbons (Fsp3) is 0.429. The molecule has 4 nitrogen and oxygen atoms in total. The zero-order chi connectivity index (χ0) is 18.5. The molecule has 138 valence electrons. The lowest BCUT2D eigenvalue weighted by Gasteiger charge is -2.36. The van der Waals surface area contributed by atoms with Crippen LogP contribution in [-0.2, 0) is 16.4 Å². The molecule has 2 aromatic carbocycles. The van der Waals surface area contributed by atoms with Crippen LogP contribution in [0.25, 0.3) is 0 Å². The topological polar surface area (TPSA) is 40.6 Å². The van der Waals surface area contributed by atoms with Crippen molar-refractivity contribution >= 4 is 15.7 Å². The summed E-state index contributed by atoms with van der Waals surface area (Å²) in [7, 11) is -1.45. The van der Waals surface area contributed by atoms with E-state index in [1.165, 1.54) is 11.1 Å². The van der Waals surface area contributed by atoms with Crippen molar-refractivity contribution in [1.82, 2.24) is 4.90 Å². The zero-order valence-corrected chi connectivity index (χ0v) is 16.5. The molecule has 0 spiro atoms. The molecule has 1 saturated heterocycles. The van der Waals surface area contributed by atoms with Crippen molar-refractivity contribution in [1.29, 1.82) is 0 Å². The molecule has 0 aliphatic carbocycles. The van der Waals surface area contributed by atoms with Gasteiger partial charge < -0.3 is 4.90 Å². The number of piperidine rings is 1. The lowest BCUT2D eigenvalue weighted by atomic mass is 9.89. The van der Waals surface area contributed by atoms with Crippen LogP contribution in [0.15, 0.2) is 47.4 Å². The van der Waals surface area contributed by atoms with Crippen LogP contribution >= 0.6 is 0 Å². The SMILES string of the molecule is CCc1ccc(S(=O)(=O)N2c3ccc(C)cc3[C@H]3CN(C)CC[C@@H]32)cc1. The second-order valence-corrected chi connectivity index (χ2v) is 9.40. The first-order valence-electron chi connectivity index (χ1n) is 9.34. The van der Waals surface area contributed by atoms with Gasteiger partial charge >= 0.3 is 0 Å². The van der Waals surface area contributed by atoms with Gasteiger partial charge in [0, 0.05) is 12.5 Å². The minimum absolute atomic E-state index is 0.0128. The van der Waals surface area contributed by atoms with Crippen molar-refractivity contribution in [2.75, 3.05) is 24.4 Å². The smallest absolute Gasteiger partial charge is 0.264 e. The van der Waals surface area contributed by atoms with Crippen molar-refractivity contribution in [2.24, 2.45) is 0 Å². The minimum atomic E-state index is -3.56. The van der Waals surface area contributed by atoms with Crippen LogP contribution in [0.2, 0.25) is 0 Å². The number of likely N-dealkylation sites (N-methyl/N-ethyl adjacent to an activating group) is 1. The predicted octanol–water partition coefficient (Wildman–Crippen LogP) is 3.55. The number of nitrogens with zero attached hydrogens (tertiary/aromatic N) is 2. The Bertz CT molecular complexity index is 922. The highest BCUT2D eigenvalue weighted by molar-refractivity contribution is 7.92. The number of likely N-dealkylation sites (tertiary alicyclic amines) is 1. The first kappa shape index (κ1) is 17.6. The maximum Gasteiger partial charge on any atom is 0.264 e. The second-order valence-electron chi connectivity index (χ2n) is 7.59. The lowest BCUT2D eigenvalue weighted by Crippen LogP contribution is -2.47. The largest absolute Gasteiger partial charge is 0.306 e. The van der Waals surface area contributed by atoms with Gasteiger partial charge in [0.1, 0.15) is 0 Å². The summed E-state index contributed by atoms with van der Waals surface area (Å²) in [6, 6.07) is 13.5. The molecular formula is C21H26N2O2S. The van der Waals surface area contributed by atoms with Crippen molar-refractivity contribution in [3.8, 4) is 0 Å². The Morgan fingerprint density at radius 1 is 1.12 bits per heavy atom. The number of hydrogen-bond donors (Lipinski definition) is 0. The minimum Gasteiger partial charge on any atom is -0.306 e. The van der Waals surface area contributed by atoms with Gasteiger partial charge in [0.15, 0.2) is 0 Å². The maximum absolute atomic E-state index is 13.5. The standard InChI is InChI=1S/C21H26N2O2S/c1-4-16-6-8-17(9-7-16)26(24,25)23-20-10-5-15(2)13-18(20)19-14-22(3)12-11-21(19)23/h5-10,13,19,21H,4,11-12,14H2,1-3H3/t19-,21+/m1/s1. The van der Waals surface area contributed by atoms with E-state index in [-0.39, 0.29) is 12.0 Å². The van der Waals surface area contributed by atoms with Gasteiger partial charge in [-0.15, -0.1) is 0 Å². The Kier molecular flexibility index (Phi) is 4.32. The molecule has 5 heteroatoms. The highest BCUT2D eigenvalue weighted by atomic mass is 32.2. The van der Waals surface area contributed by atoms with E-state index in [4.69, 9.17) is 0 Å². The van der Waals surface area contributed by atoms with Gasteiger partial charge in [0.05, 0.1) is 16.6 Å². The van der Waals surface area contributed by atoms with Crippen molar-refractivity contribution in [2.45, 2.75) is 43.5 Å². The summed E-state index contributed by atoms with van der Waals surface area (Å²) >= 11 is 0. The fourth-order valence-corrected chi connectivity index (χ4v) is 6.10. The molecule has 0 saturated carbocycles. The predicted molar refractivity (Wildman–Crippen MR) is 105 cm³/mol. The molecule has 4 rings (SSSR count). The monoisotopic (exact) mass is 370 g/mol. The molecule has 0 aromatic heterocycles. The molecule has 2 aromatic rings. The molecule has 1 fully saturated rings. The quantitative estimate of drug-likeness (QED) is 0.830. The van der Waals surface area contributed by atoms with Crippen LogP contribution in [0, 0.1) is 6.92 Å². The van der Waals surface area contributed by atoms with E-state index < -0.39 is 10.0 Å². The van der Waals surface area contributed by atoms with E-state index in [0.717, 1.165) is 37.2 Å². The number of sulfonamides is 1. The summed E-state index contributed by atoms with van der Waals surface area (Å²) in [6.45, 7) is 5.98. The third kappa shape index (κ3) is 2.74. The van der Waals surface area contributed by atoms with Crippen LogP contribution in [0.4, 0.5) is 5.69 Å². The Hall–Kier alpha value is -1.85. The number of anilines is 1. The van der Waals surface area contributed by atoms with Gasteiger partial charge in [-0.2, -0.15) is 0 Å². The average molecular weight is 371 g/mol. The normalized spacial score (nSPS) is 23.0. The van der Waals surface area contributed by atoms with Gasteiger partial charge in [0.25, 0.3) is 10.0 Å². The Morgan fingerprint density at radius 3 is 2.54 bits per heavy atom. The Morgan fingerprint density at radius 2 is 1.85 bits per heavy atom. The van der Waals surface area contributed by atoms with Gasteiger partial charge in [-0.1, -0.05) is 36.8 Å². The molecule has 0 radical (unpaired) electrons. The van der Waals surface area contributed by atoms with E-state index in [1.807, 2.05) is 24.3 Å². The van der Waals surface area contributed by atoms with Crippen molar-refractivity contribution in [3.63, 3.8) is 0 Å². The first-order valence-corrected chi connectivity index (χ1v) is 10.8. The van der Waals surface area contributed by atoms with Crippen LogP contribution in [0.3, 0.4) is 0 Å². The molecule has 2 aliphatic rings. The number of rotatable bonds is 3. The van der Waals surface area contributed by atoms with Crippen molar-refractivity contribution in [3.05, 3.63) is 59.2 Å². The van der Waals surface area contributed by atoms with E-state index in [2.05, 4.69) is 31.9 Å². The molecule has 0 unspecified atom stereocenters. The van der Waals surface area contributed by atoms with Gasteiger partial charge in [0.2, 0.25) is 0 Å². The summed E-state index contributed by atoms with van der Waals surface area (Å²) in [4.78, 5) is 2.69. The number of aryl methyl sites for hydroxylation is 2. The number of hydrogen-bond acceptors (Lipinski definition) is 3. The number of benzene rings is 2. The molecular weight excluding hydrogens is 344 g/mol. The summed E-state index contributed by atoms with van der Waals surface area (Å²) in [6.07, 6.45) is 1.77. The molecule has 0 bridgehead atoms. The van der Waals surface area contributed by atoms with Gasteiger partial charge in [-0.05, 0) is 62.7 Å². The molecule has 2 atom stereocenters. The molecule has 26 heavy (non-hydrogen) atoms. The fourth-order valence-electron chi connectivity index (χ4n) is 4.36.